The average Bonchev–Trinajstić information content (AvgIpc) is 2.95. The largest absolute Gasteiger partial charge is 0.334 e. The molecule has 0 aromatic heterocycles. The van der Waals surface area contributed by atoms with Crippen LogP contribution in [0, 0.1) is 5.92 Å². The number of hydrogen-bond donors (Lipinski definition) is 1. The highest BCUT2D eigenvalue weighted by molar-refractivity contribution is 5.82. The molecule has 1 aromatic carbocycles. The number of hydrogen-bond acceptors (Lipinski definition) is 2. The van der Waals surface area contributed by atoms with E-state index in [1.807, 2.05) is 23.1 Å². The van der Waals surface area contributed by atoms with Gasteiger partial charge < -0.3 is 10.6 Å². The minimum atomic E-state index is -0.366. The lowest BCUT2D eigenvalue weighted by Gasteiger charge is -2.29. The van der Waals surface area contributed by atoms with Gasteiger partial charge in [-0.15, -0.1) is 0 Å². The first-order valence-electron chi connectivity index (χ1n) is 7.26. The number of rotatable bonds is 4. The van der Waals surface area contributed by atoms with Gasteiger partial charge >= 0.3 is 0 Å². The topological polar surface area (TPSA) is 46.3 Å². The van der Waals surface area contributed by atoms with Crippen molar-refractivity contribution in [3.05, 3.63) is 35.9 Å². The molecule has 104 valence electrons. The zero-order valence-electron chi connectivity index (χ0n) is 11.9. The Kier molecular flexibility index (Phi) is 4.59. The summed E-state index contributed by atoms with van der Waals surface area (Å²) in [6, 6.07) is 10.1. The van der Waals surface area contributed by atoms with Gasteiger partial charge in [-0.1, -0.05) is 50.6 Å². The number of amides is 1. The number of carbonyl (C=O) groups excluding carboxylic acids is 1. The summed E-state index contributed by atoms with van der Waals surface area (Å²) in [5, 5.41) is 0. The molecule has 1 aliphatic rings. The highest BCUT2D eigenvalue weighted by atomic mass is 16.2. The third kappa shape index (κ3) is 2.98. The van der Waals surface area contributed by atoms with Gasteiger partial charge in [0.25, 0.3) is 0 Å². The summed E-state index contributed by atoms with van der Waals surface area (Å²) < 4.78 is 0. The van der Waals surface area contributed by atoms with Crippen molar-refractivity contribution < 1.29 is 4.79 Å². The summed E-state index contributed by atoms with van der Waals surface area (Å²) >= 11 is 0. The summed E-state index contributed by atoms with van der Waals surface area (Å²) in [6.07, 6.45) is 3.05. The van der Waals surface area contributed by atoms with Crippen LogP contribution in [0.5, 0.6) is 0 Å². The van der Waals surface area contributed by atoms with Crippen molar-refractivity contribution in [3.8, 4) is 0 Å². The molecule has 0 saturated carbocycles. The quantitative estimate of drug-likeness (QED) is 0.904. The van der Waals surface area contributed by atoms with Gasteiger partial charge in [0.2, 0.25) is 5.91 Å². The second-order valence-corrected chi connectivity index (χ2v) is 5.51. The molecule has 1 saturated heterocycles. The van der Waals surface area contributed by atoms with Crippen LogP contribution in [0.3, 0.4) is 0 Å². The molecule has 1 heterocycles. The number of nitrogens with zero attached hydrogens (tertiary/aromatic N) is 1. The van der Waals surface area contributed by atoms with Gasteiger partial charge in [0.05, 0.1) is 12.1 Å². The van der Waals surface area contributed by atoms with Gasteiger partial charge in [-0.3, -0.25) is 4.79 Å². The van der Waals surface area contributed by atoms with E-state index in [0.29, 0.717) is 0 Å². The fourth-order valence-electron chi connectivity index (χ4n) is 2.74. The standard InChI is InChI=1S/C16H24N2O/c1-3-12(2)15(17)16(19)18-11-7-10-14(18)13-8-5-4-6-9-13/h4-6,8-9,12,14-15H,3,7,10-11,17H2,1-2H3. The molecule has 2 rings (SSSR count). The van der Waals surface area contributed by atoms with Crippen LogP contribution in [0.25, 0.3) is 0 Å². The SMILES string of the molecule is CCC(C)C(N)C(=O)N1CCCC1c1ccccc1. The van der Waals surface area contributed by atoms with Gasteiger partial charge in [0, 0.05) is 6.54 Å². The Hall–Kier alpha value is -1.35. The van der Waals surface area contributed by atoms with E-state index in [2.05, 4.69) is 26.0 Å². The van der Waals surface area contributed by atoms with Crippen LogP contribution >= 0.6 is 0 Å². The van der Waals surface area contributed by atoms with Crippen LogP contribution in [0.15, 0.2) is 30.3 Å². The van der Waals surface area contributed by atoms with Crippen LogP contribution in [-0.2, 0) is 4.79 Å². The van der Waals surface area contributed by atoms with E-state index in [4.69, 9.17) is 5.73 Å². The van der Waals surface area contributed by atoms with Crippen LogP contribution in [-0.4, -0.2) is 23.4 Å². The van der Waals surface area contributed by atoms with Crippen molar-refractivity contribution in [1.82, 2.24) is 4.90 Å². The zero-order valence-corrected chi connectivity index (χ0v) is 11.9. The van der Waals surface area contributed by atoms with Crippen molar-refractivity contribution in [3.63, 3.8) is 0 Å². The van der Waals surface area contributed by atoms with Crippen LogP contribution in [0.4, 0.5) is 0 Å². The molecule has 0 bridgehead atoms. The molecule has 1 aliphatic heterocycles. The maximum atomic E-state index is 12.5. The second kappa shape index (κ2) is 6.20. The lowest BCUT2D eigenvalue weighted by atomic mass is 9.97. The predicted octanol–water partition coefficient (Wildman–Crippen LogP) is 2.72. The number of nitrogens with two attached hydrogens (primary N) is 1. The smallest absolute Gasteiger partial charge is 0.240 e. The molecule has 0 spiro atoms. The average molecular weight is 260 g/mol. The van der Waals surface area contributed by atoms with E-state index in [0.717, 1.165) is 25.8 Å². The molecular formula is C16H24N2O. The molecule has 3 heteroatoms. The minimum absolute atomic E-state index is 0.112. The van der Waals surface area contributed by atoms with Gasteiger partial charge in [-0.05, 0) is 24.3 Å². The van der Waals surface area contributed by atoms with E-state index in [9.17, 15) is 4.79 Å². The molecule has 1 aromatic rings. The molecule has 0 radical (unpaired) electrons. The summed E-state index contributed by atoms with van der Waals surface area (Å²) in [6.45, 7) is 4.97. The van der Waals surface area contributed by atoms with E-state index in [1.165, 1.54) is 5.56 Å². The predicted molar refractivity (Wildman–Crippen MR) is 77.6 cm³/mol. The minimum Gasteiger partial charge on any atom is -0.334 e. The van der Waals surface area contributed by atoms with Gasteiger partial charge in [-0.2, -0.15) is 0 Å². The number of benzene rings is 1. The molecule has 3 atom stereocenters. The monoisotopic (exact) mass is 260 g/mol. The van der Waals surface area contributed by atoms with Gasteiger partial charge in [-0.25, -0.2) is 0 Å². The van der Waals surface area contributed by atoms with Crippen molar-refractivity contribution in [2.75, 3.05) is 6.54 Å². The molecule has 1 amide bonds. The fraction of sp³-hybridized carbons (Fsp3) is 0.562. The Morgan fingerprint density at radius 1 is 1.42 bits per heavy atom. The first-order chi connectivity index (χ1) is 9.15. The van der Waals surface area contributed by atoms with Crippen molar-refractivity contribution in [2.45, 2.75) is 45.2 Å². The van der Waals surface area contributed by atoms with Crippen molar-refractivity contribution in [1.29, 1.82) is 0 Å². The van der Waals surface area contributed by atoms with Crippen LogP contribution in [0.1, 0.15) is 44.7 Å². The Labute approximate surface area is 115 Å². The molecule has 3 nitrogen and oxygen atoms in total. The lowest BCUT2D eigenvalue weighted by Crippen LogP contribution is -2.46. The zero-order chi connectivity index (χ0) is 13.8. The van der Waals surface area contributed by atoms with Crippen molar-refractivity contribution >= 4 is 5.91 Å². The third-order valence-corrected chi connectivity index (χ3v) is 4.26. The first-order valence-corrected chi connectivity index (χ1v) is 7.26. The Bertz CT molecular complexity index is 418. The molecule has 3 unspecified atom stereocenters. The van der Waals surface area contributed by atoms with Crippen LogP contribution < -0.4 is 5.73 Å². The Balaban J connectivity index is 2.13. The van der Waals surface area contributed by atoms with Crippen molar-refractivity contribution in [2.24, 2.45) is 11.7 Å². The van der Waals surface area contributed by atoms with Gasteiger partial charge in [0.1, 0.15) is 0 Å². The molecule has 1 fully saturated rings. The first kappa shape index (κ1) is 14.1. The highest BCUT2D eigenvalue weighted by Gasteiger charge is 2.33. The summed E-state index contributed by atoms with van der Waals surface area (Å²) in [7, 11) is 0. The summed E-state index contributed by atoms with van der Waals surface area (Å²) in [5.74, 6) is 0.352. The highest BCUT2D eigenvalue weighted by Crippen LogP contribution is 2.32. The van der Waals surface area contributed by atoms with E-state index in [-0.39, 0.29) is 23.9 Å². The normalized spacial score (nSPS) is 22.3. The van der Waals surface area contributed by atoms with E-state index < -0.39 is 0 Å². The molecular weight excluding hydrogens is 236 g/mol. The maximum Gasteiger partial charge on any atom is 0.240 e. The molecule has 2 N–H and O–H groups in total. The second-order valence-electron chi connectivity index (χ2n) is 5.51. The Morgan fingerprint density at radius 2 is 2.11 bits per heavy atom. The summed E-state index contributed by atoms with van der Waals surface area (Å²) in [4.78, 5) is 14.5. The number of likely N-dealkylation sites (tertiary alicyclic amines) is 1. The fourth-order valence-corrected chi connectivity index (χ4v) is 2.74. The molecule has 0 aliphatic carbocycles. The van der Waals surface area contributed by atoms with E-state index >= 15 is 0 Å². The Morgan fingerprint density at radius 3 is 2.74 bits per heavy atom. The summed E-state index contributed by atoms with van der Waals surface area (Å²) in [5.41, 5.74) is 7.33. The van der Waals surface area contributed by atoms with Crippen LogP contribution in [0.2, 0.25) is 0 Å². The molecule has 19 heavy (non-hydrogen) atoms. The van der Waals surface area contributed by atoms with Gasteiger partial charge in [0.15, 0.2) is 0 Å². The van der Waals surface area contributed by atoms with E-state index in [1.54, 1.807) is 0 Å². The number of carbonyl (C=O) groups is 1. The maximum absolute atomic E-state index is 12.5. The third-order valence-electron chi connectivity index (χ3n) is 4.26. The lowest BCUT2D eigenvalue weighted by molar-refractivity contribution is -0.134.